The van der Waals surface area contributed by atoms with Gasteiger partial charge in [0.15, 0.2) is 0 Å². The summed E-state index contributed by atoms with van der Waals surface area (Å²) >= 11 is 5.90. The average Bonchev–Trinajstić information content (AvgIpc) is 2.43. The number of ether oxygens (including phenoxy) is 1. The summed E-state index contributed by atoms with van der Waals surface area (Å²) in [6, 6.07) is 8.60. The molecule has 0 aliphatic heterocycles. The van der Waals surface area contributed by atoms with Crippen molar-refractivity contribution < 1.29 is 4.74 Å². The highest BCUT2D eigenvalue weighted by atomic mass is 35.5. The third-order valence-electron chi connectivity index (χ3n) is 4.58. The van der Waals surface area contributed by atoms with Gasteiger partial charge in [0, 0.05) is 29.6 Å². The van der Waals surface area contributed by atoms with E-state index >= 15 is 0 Å². The maximum absolute atomic E-state index is 5.90. The van der Waals surface area contributed by atoms with Gasteiger partial charge in [-0.15, -0.1) is 0 Å². The smallest absolute Gasteiger partial charge is 0.0658 e. The molecule has 1 aliphatic rings. The zero-order valence-electron chi connectivity index (χ0n) is 12.1. The van der Waals surface area contributed by atoms with E-state index < -0.39 is 0 Å². The standard InChI is InChI=1S/C16H24ClNO/c1-4-16(3)14(10-15(16)19-5-2)18-11-12-6-8-13(17)9-7-12/h6-9,14-15,18H,4-5,10-11H2,1-3H3. The van der Waals surface area contributed by atoms with Gasteiger partial charge in [-0.2, -0.15) is 0 Å². The van der Waals surface area contributed by atoms with E-state index in [4.69, 9.17) is 16.3 Å². The fourth-order valence-electron chi connectivity index (χ4n) is 2.91. The Morgan fingerprint density at radius 1 is 1.32 bits per heavy atom. The molecule has 3 unspecified atom stereocenters. The van der Waals surface area contributed by atoms with Crippen molar-refractivity contribution in [3.05, 3.63) is 34.9 Å². The Bertz CT molecular complexity index is 406. The summed E-state index contributed by atoms with van der Waals surface area (Å²) in [5.74, 6) is 0. The van der Waals surface area contributed by atoms with E-state index in [9.17, 15) is 0 Å². The molecule has 2 nitrogen and oxygen atoms in total. The number of benzene rings is 1. The molecule has 3 heteroatoms. The van der Waals surface area contributed by atoms with Crippen LogP contribution in [0.1, 0.15) is 39.2 Å². The summed E-state index contributed by atoms with van der Waals surface area (Å²) in [5.41, 5.74) is 1.55. The van der Waals surface area contributed by atoms with Crippen LogP contribution >= 0.6 is 11.6 Å². The first-order valence-corrected chi connectivity index (χ1v) is 7.57. The molecule has 1 aromatic carbocycles. The van der Waals surface area contributed by atoms with Crippen LogP contribution < -0.4 is 5.32 Å². The largest absolute Gasteiger partial charge is 0.378 e. The van der Waals surface area contributed by atoms with E-state index in [1.54, 1.807) is 0 Å². The molecular weight excluding hydrogens is 258 g/mol. The quantitative estimate of drug-likeness (QED) is 0.850. The summed E-state index contributed by atoms with van der Waals surface area (Å²) in [6.07, 6.45) is 2.67. The van der Waals surface area contributed by atoms with Gasteiger partial charge >= 0.3 is 0 Å². The number of nitrogens with one attached hydrogen (secondary N) is 1. The van der Waals surface area contributed by atoms with E-state index in [1.165, 1.54) is 5.56 Å². The predicted octanol–water partition coefficient (Wildman–Crippen LogP) is 4.02. The highest BCUT2D eigenvalue weighted by molar-refractivity contribution is 6.30. The van der Waals surface area contributed by atoms with Crippen LogP contribution in [0.3, 0.4) is 0 Å². The molecule has 1 saturated carbocycles. The van der Waals surface area contributed by atoms with Crippen LogP contribution in [0.25, 0.3) is 0 Å². The number of rotatable bonds is 6. The lowest BCUT2D eigenvalue weighted by Gasteiger charge is -2.53. The van der Waals surface area contributed by atoms with Crippen LogP contribution in [0.15, 0.2) is 24.3 Å². The molecule has 1 N–H and O–H groups in total. The van der Waals surface area contributed by atoms with E-state index in [-0.39, 0.29) is 5.41 Å². The zero-order chi connectivity index (χ0) is 13.9. The van der Waals surface area contributed by atoms with Gasteiger partial charge < -0.3 is 10.1 Å². The van der Waals surface area contributed by atoms with Crippen LogP contribution in [0, 0.1) is 5.41 Å². The summed E-state index contributed by atoms with van der Waals surface area (Å²) < 4.78 is 5.82. The molecular formula is C16H24ClNO. The normalized spacial score (nSPS) is 30.1. The van der Waals surface area contributed by atoms with Crippen molar-refractivity contribution in [2.24, 2.45) is 5.41 Å². The first-order chi connectivity index (χ1) is 9.10. The Hall–Kier alpha value is -0.570. The first-order valence-electron chi connectivity index (χ1n) is 7.19. The van der Waals surface area contributed by atoms with E-state index in [1.807, 2.05) is 12.1 Å². The fraction of sp³-hybridized carbons (Fsp3) is 0.625. The SMILES string of the molecule is CCOC1CC(NCc2ccc(Cl)cc2)C1(C)CC. The van der Waals surface area contributed by atoms with Crippen molar-refractivity contribution >= 4 is 11.6 Å². The molecule has 0 radical (unpaired) electrons. The van der Waals surface area contributed by atoms with Crippen molar-refractivity contribution in [1.82, 2.24) is 5.32 Å². The minimum Gasteiger partial charge on any atom is -0.378 e. The van der Waals surface area contributed by atoms with Crippen LogP contribution in [0.5, 0.6) is 0 Å². The lowest BCUT2D eigenvalue weighted by Crippen LogP contribution is -2.61. The third-order valence-corrected chi connectivity index (χ3v) is 4.83. The fourth-order valence-corrected chi connectivity index (χ4v) is 3.04. The number of halogens is 1. The topological polar surface area (TPSA) is 21.3 Å². The Morgan fingerprint density at radius 2 is 2.00 bits per heavy atom. The van der Waals surface area contributed by atoms with Gasteiger partial charge in [0.25, 0.3) is 0 Å². The Morgan fingerprint density at radius 3 is 2.58 bits per heavy atom. The van der Waals surface area contributed by atoms with E-state index in [0.29, 0.717) is 12.1 Å². The van der Waals surface area contributed by atoms with Gasteiger partial charge in [0.2, 0.25) is 0 Å². The molecule has 0 heterocycles. The van der Waals surface area contributed by atoms with Gasteiger partial charge in [-0.3, -0.25) is 0 Å². The van der Waals surface area contributed by atoms with E-state index in [0.717, 1.165) is 31.0 Å². The molecule has 1 aromatic rings. The molecule has 0 saturated heterocycles. The van der Waals surface area contributed by atoms with Crippen molar-refractivity contribution in [1.29, 1.82) is 0 Å². The second kappa shape index (κ2) is 6.25. The van der Waals surface area contributed by atoms with Crippen molar-refractivity contribution in [3.63, 3.8) is 0 Å². The summed E-state index contributed by atoms with van der Waals surface area (Å²) in [4.78, 5) is 0. The lowest BCUT2D eigenvalue weighted by atomic mass is 9.61. The number of hydrogen-bond donors (Lipinski definition) is 1. The minimum absolute atomic E-state index is 0.266. The van der Waals surface area contributed by atoms with Crippen LogP contribution in [0.4, 0.5) is 0 Å². The van der Waals surface area contributed by atoms with Gasteiger partial charge in [-0.05, 0) is 37.5 Å². The molecule has 0 bridgehead atoms. The van der Waals surface area contributed by atoms with Gasteiger partial charge in [0.1, 0.15) is 0 Å². The zero-order valence-corrected chi connectivity index (χ0v) is 12.8. The highest BCUT2D eigenvalue weighted by Crippen LogP contribution is 2.45. The summed E-state index contributed by atoms with van der Waals surface area (Å²) in [6.45, 7) is 8.36. The summed E-state index contributed by atoms with van der Waals surface area (Å²) in [5, 5.41) is 4.46. The lowest BCUT2D eigenvalue weighted by molar-refractivity contribution is -0.126. The Kier molecular flexibility index (Phi) is 4.88. The molecule has 3 atom stereocenters. The minimum atomic E-state index is 0.266. The molecule has 1 fully saturated rings. The second-order valence-electron chi connectivity index (χ2n) is 5.60. The molecule has 0 amide bonds. The van der Waals surface area contributed by atoms with Crippen LogP contribution in [-0.2, 0) is 11.3 Å². The summed E-state index contributed by atoms with van der Waals surface area (Å²) in [7, 11) is 0. The second-order valence-corrected chi connectivity index (χ2v) is 6.04. The Labute approximate surface area is 121 Å². The molecule has 0 spiro atoms. The van der Waals surface area contributed by atoms with Crippen molar-refractivity contribution in [2.45, 2.75) is 52.3 Å². The van der Waals surface area contributed by atoms with Gasteiger partial charge in [-0.25, -0.2) is 0 Å². The molecule has 1 aliphatic carbocycles. The highest BCUT2D eigenvalue weighted by Gasteiger charge is 2.50. The maximum atomic E-state index is 5.90. The molecule has 19 heavy (non-hydrogen) atoms. The Balaban J connectivity index is 1.88. The van der Waals surface area contributed by atoms with E-state index in [2.05, 4.69) is 38.2 Å². The predicted molar refractivity (Wildman–Crippen MR) is 80.5 cm³/mol. The number of hydrogen-bond acceptors (Lipinski definition) is 2. The monoisotopic (exact) mass is 281 g/mol. The first kappa shape index (κ1) is 14.8. The molecule has 0 aromatic heterocycles. The molecule has 2 rings (SSSR count). The maximum Gasteiger partial charge on any atom is 0.0658 e. The van der Waals surface area contributed by atoms with Crippen molar-refractivity contribution in [3.8, 4) is 0 Å². The van der Waals surface area contributed by atoms with Gasteiger partial charge in [-0.1, -0.05) is 37.6 Å². The molecule has 106 valence electrons. The third kappa shape index (κ3) is 3.13. The van der Waals surface area contributed by atoms with Gasteiger partial charge in [0.05, 0.1) is 6.10 Å². The average molecular weight is 282 g/mol. The van der Waals surface area contributed by atoms with Crippen molar-refractivity contribution in [2.75, 3.05) is 6.61 Å². The van der Waals surface area contributed by atoms with Crippen LogP contribution in [0.2, 0.25) is 5.02 Å². The van der Waals surface area contributed by atoms with Crippen LogP contribution in [-0.4, -0.2) is 18.8 Å².